The maximum Gasteiger partial charge on any atom is 0.310 e. The van der Waals surface area contributed by atoms with Crippen LogP contribution in [0.4, 0.5) is 0 Å². The Morgan fingerprint density at radius 3 is 3.05 bits per heavy atom. The predicted octanol–water partition coefficient (Wildman–Crippen LogP) is 1.45. The van der Waals surface area contributed by atoms with Gasteiger partial charge in [-0.15, -0.1) is 11.3 Å². The summed E-state index contributed by atoms with van der Waals surface area (Å²) in [7, 11) is 1.41. The van der Waals surface area contributed by atoms with Crippen molar-refractivity contribution < 1.29 is 9.53 Å². The summed E-state index contributed by atoms with van der Waals surface area (Å²) in [6.45, 7) is 2.53. The molecular formula is C13H17N3O2S. The van der Waals surface area contributed by atoms with Crippen molar-refractivity contribution in [1.82, 2.24) is 15.1 Å². The van der Waals surface area contributed by atoms with Gasteiger partial charge in [0.05, 0.1) is 20.1 Å². The fourth-order valence-electron chi connectivity index (χ4n) is 1.66. The summed E-state index contributed by atoms with van der Waals surface area (Å²) in [6.07, 6.45) is 4.08. The minimum absolute atomic E-state index is 0.194. The number of carbonyl (C=O) groups excluding carboxylic acids is 1. The molecule has 6 heteroatoms. The molecule has 1 N–H and O–H groups in total. The standard InChI is InChI=1S/C13H17N3O2S/c1-18-13(17)9-11-3-4-12(19-11)10-14-6-8-16-7-2-5-15-16/h2-5,7,14H,6,8-10H2,1H3. The number of carbonyl (C=O) groups is 1. The lowest BCUT2D eigenvalue weighted by atomic mass is 10.3. The molecule has 102 valence electrons. The van der Waals surface area contributed by atoms with Crippen LogP contribution in [0.25, 0.3) is 0 Å². The molecule has 0 aliphatic carbocycles. The summed E-state index contributed by atoms with van der Waals surface area (Å²) in [6, 6.07) is 5.94. The molecule has 2 aromatic heterocycles. The highest BCUT2D eigenvalue weighted by atomic mass is 32.1. The fraction of sp³-hybridized carbons (Fsp3) is 0.385. The quantitative estimate of drug-likeness (QED) is 0.615. The van der Waals surface area contributed by atoms with E-state index in [-0.39, 0.29) is 5.97 Å². The third kappa shape index (κ3) is 4.50. The first-order valence-electron chi connectivity index (χ1n) is 6.10. The minimum atomic E-state index is -0.194. The van der Waals surface area contributed by atoms with Crippen molar-refractivity contribution in [3.63, 3.8) is 0 Å². The van der Waals surface area contributed by atoms with E-state index in [0.717, 1.165) is 24.5 Å². The normalized spacial score (nSPS) is 10.6. The highest BCUT2D eigenvalue weighted by Gasteiger charge is 2.05. The Hall–Kier alpha value is -1.66. The number of methoxy groups -OCH3 is 1. The van der Waals surface area contributed by atoms with Gasteiger partial charge < -0.3 is 10.1 Å². The van der Waals surface area contributed by atoms with E-state index in [4.69, 9.17) is 0 Å². The number of ether oxygens (including phenoxy) is 1. The number of nitrogens with one attached hydrogen (secondary N) is 1. The SMILES string of the molecule is COC(=O)Cc1ccc(CNCCn2cccn2)s1. The minimum Gasteiger partial charge on any atom is -0.469 e. The van der Waals surface area contributed by atoms with Gasteiger partial charge in [0.15, 0.2) is 0 Å². The molecule has 0 unspecified atom stereocenters. The summed E-state index contributed by atoms with van der Waals surface area (Å²) >= 11 is 1.64. The Bertz CT molecular complexity index is 508. The van der Waals surface area contributed by atoms with Crippen LogP contribution in [0.1, 0.15) is 9.75 Å². The third-order valence-corrected chi connectivity index (χ3v) is 3.72. The molecule has 0 aliphatic rings. The summed E-state index contributed by atoms with van der Waals surface area (Å²) in [5.41, 5.74) is 0. The van der Waals surface area contributed by atoms with E-state index in [2.05, 4.69) is 15.2 Å². The van der Waals surface area contributed by atoms with Crippen molar-refractivity contribution in [1.29, 1.82) is 0 Å². The summed E-state index contributed by atoms with van der Waals surface area (Å²) < 4.78 is 6.54. The van der Waals surface area contributed by atoms with E-state index in [9.17, 15) is 4.79 Å². The number of nitrogens with zero attached hydrogens (tertiary/aromatic N) is 2. The molecule has 2 aromatic rings. The van der Waals surface area contributed by atoms with Gasteiger partial charge in [0, 0.05) is 35.2 Å². The van der Waals surface area contributed by atoms with Crippen LogP contribution >= 0.6 is 11.3 Å². The molecule has 0 spiro atoms. The molecule has 2 heterocycles. The first kappa shape index (κ1) is 13.8. The average Bonchev–Trinajstić information content (AvgIpc) is 3.06. The molecule has 0 saturated heterocycles. The molecule has 19 heavy (non-hydrogen) atoms. The van der Waals surface area contributed by atoms with Gasteiger partial charge in [0.25, 0.3) is 0 Å². The molecule has 0 atom stereocenters. The molecule has 0 amide bonds. The topological polar surface area (TPSA) is 56.1 Å². The largest absolute Gasteiger partial charge is 0.469 e. The second-order valence-corrected chi connectivity index (χ2v) is 5.32. The van der Waals surface area contributed by atoms with Gasteiger partial charge in [-0.2, -0.15) is 5.10 Å². The summed E-state index contributed by atoms with van der Waals surface area (Å²) in [5.74, 6) is -0.194. The number of hydrogen-bond acceptors (Lipinski definition) is 5. The maximum atomic E-state index is 11.1. The Balaban J connectivity index is 1.70. The monoisotopic (exact) mass is 279 g/mol. The first-order chi connectivity index (χ1) is 9.28. The molecule has 0 aromatic carbocycles. The molecule has 5 nitrogen and oxygen atoms in total. The van der Waals surface area contributed by atoms with Crippen molar-refractivity contribution in [2.24, 2.45) is 0 Å². The van der Waals surface area contributed by atoms with Gasteiger partial charge in [0.2, 0.25) is 0 Å². The van der Waals surface area contributed by atoms with Crippen LogP contribution in [-0.4, -0.2) is 29.4 Å². The van der Waals surface area contributed by atoms with E-state index in [0.29, 0.717) is 6.42 Å². The number of hydrogen-bond donors (Lipinski definition) is 1. The van der Waals surface area contributed by atoms with Crippen LogP contribution in [0.5, 0.6) is 0 Å². The van der Waals surface area contributed by atoms with E-state index in [1.807, 2.05) is 29.1 Å². The van der Waals surface area contributed by atoms with Crippen molar-refractivity contribution in [3.05, 3.63) is 40.3 Å². The van der Waals surface area contributed by atoms with E-state index in [1.165, 1.54) is 12.0 Å². The van der Waals surface area contributed by atoms with Gasteiger partial charge in [0.1, 0.15) is 0 Å². The number of esters is 1. The lowest BCUT2D eigenvalue weighted by Crippen LogP contribution is -2.19. The van der Waals surface area contributed by atoms with Crippen molar-refractivity contribution in [3.8, 4) is 0 Å². The number of aromatic nitrogens is 2. The van der Waals surface area contributed by atoms with Gasteiger partial charge in [-0.3, -0.25) is 9.48 Å². The summed E-state index contributed by atoms with van der Waals surface area (Å²) in [4.78, 5) is 13.4. The molecule has 0 radical (unpaired) electrons. The van der Waals surface area contributed by atoms with Gasteiger partial charge in [-0.1, -0.05) is 0 Å². The Labute approximate surface area is 116 Å². The van der Waals surface area contributed by atoms with Crippen molar-refractivity contribution >= 4 is 17.3 Å². The molecule has 0 bridgehead atoms. The van der Waals surface area contributed by atoms with Crippen molar-refractivity contribution in [2.45, 2.75) is 19.5 Å². The van der Waals surface area contributed by atoms with Crippen LogP contribution < -0.4 is 5.32 Å². The Morgan fingerprint density at radius 2 is 2.32 bits per heavy atom. The zero-order chi connectivity index (χ0) is 13.5. The Morgan fingerprint density at radius 1 is 1.47 bits per heavy atom. The lowest BCUT2D eigenvalue weighted by Gasteiger charge is -2.03. The second kappa shape index (κ2) is 7.06. The molecule has 0 saturated carbocycles. The van der Waals surface area contributed by atoms with Crippen LogP contribution in [0.15, 0.2) is 30.6 Å². The van der Waals surface area contributed by atoms with Crippen LogP contribution in [0, 0.1) is 0 Å². The predicted molar refractivity (Wildman–Crippen MR) is 74.0 cm³/mol. The van der Waals surface area contributed by atoms with Crippen molar-refractivity contribution in [2.75, 3.05) is 13.7 Å². The van der Waals surface area contributed by atoms with Gasteiger partial charge in [-0.05, 0) is 18.2 Å². The third-order valence-electron chi connectivity index (χ3n) is 2.64. The van der Waals surface area contributed by atoms with Crippen LogP contribution in [0.3, 0.4) is 0 Å². The fourth-order valence-corrected chi connectivity index (χ4v) is 2.64. The lowest BCUT2D eigenvalue weighted by molar-refractivity contribution is -0.139. The van der Waals surface area contributed by atoms with Crippen LogP contribution in [-0.2, 0) is 29.0 Å². The zero-order valence-corrected chi connectivity index (χ0v) is 11.7. The second-order valence-electron chi connectivity index (χ2n) is 4.07. The Kier molecular flexibility index (Phi) is 5.11. The van der Waals surface area contributed by atoms with E-state index in [1.54, 1.807) is 17.5 Å². The van der Waals surface area contributed by atoms with Gasteiger partial charge in [-0.25, -0.2) is 0 Å². The number of thiophene rings is 1. The van der Waals surface area contributed by atoms with E-state index < -0.39 is 0 Å². The van der Waals surface area contributed by atoms with Crippen LogP contribution in [0.2, 0.25) is 0 Å². The smallest absolute Gasteiger partial charge is 0.310 e. The molecule has 0 aliphatic heterocycles. The molecule has 2 rings (SSSR count). The summed E-state index contributed by atoms with van der Waals surface area (Å²) in [5, 5.41) is 7.49. The highest BCUT2D eigenvalue weighted by Crippen LogP contribution is 2.17. The average molecular weight is 279 g/mol. The molecular weight excluding hydrogens is 262 g/mol. The molecule has 0 fully saturated rings. The van der Waals surface area contributed by atoms with E-state index >= 15 is 0 Å². The zero-order valence-electron chi connectivity index (χ0n) is 10.8. The highest BCUT2D eigenvalue weighted by molar-refractivity contribution is 7.12. The number of rotatable bonds is 7. The first-order valence-corrected chi connectivity index (χ1v) is 6.92. The van der Waals surface area contributed by atoms with Gasteiger partial charge >= 0.3 is 5.97 Å². The maximum absolute atomic E-state index is 11.1.